The van der Waals surface area contributed by atoms with Gasteiger partial charge in [-0.2, -0.15) is 0 Å². The van der Waals surface area contributed by atoms with Crippen LogP contribution in [0.1, 0.15) is 18.4 Å². The number of pyridine rings is 1. The van der Waals surface area contributed by atoms with Crippen molar-refractivity contribution in [2.24, 2.45) is 0 Å². The fourth-order valence-corrected chi connectivity index (χ4v) is 3.31. The third kappa shape index (κ3) is 2.77. The lowest BCUT2D eigenvalue weighted by Crippen LogP contribution is -2.39. The summed E-state index contributed by atoms with van der Waals surface area (Å²) in [5.74, 6) is 0.263. The van der Waals surface area contributed by atoms with Crippen molar-refractivity contribution in [3.05, 3.63) is 69.6 Å². The van der Waals surface area contributed by atoms with E-state index in [4.69, 9.17) is 0 Å². The van der Waals surface area contributed by atoms with Crippen molar-refractivity contribution < 1.29 is 4.79 Å². The molecule has 2 aliphatic rings. The van der Waals surface area contributed by atoms with Gasteiger partial charge in [0.2, 0.25) is 5.82 Å². The molecule has 2 aromatic rings. The highest BCUT2D eigenvalue weighted by molar-refractivity contribution is 9.10. The zero-order valence-electron chi connectivity index (χ0n) is 12.9. The van der Waals surface area contributed by atoms with Gasteiger partial charge in [-0.05, 0) is 31.0 Å². The number of nitrogens with one attached hydrogen (secondary N) is 1. The third-order valence-corrected chi connectivity index (χ3v) is 4.79. The summed E-state index contributed by atoms with van der Waals surface area (Å²) in [5.41, 5.74) is 1.80. The van der Waals surface area contributed by atoms with Crippen molar-refractivity contribution in [2.45, 2.75) is 25.3 Å². The van der Waals surface area contributed by atoms with Crippen LogP contribution in [-0.2, 0) is 11.2 Å². The van der Waals surface area contributed by atoms with Crippen LogP contribution < -0.4 is 9.96 Å². The maximum atomic E-state index is 13.7. The second kappa shape index (κ2) is 5.81. The maximum absolute atomic E-state index is 13.7. The van der Waals surface area contributed by atoms with E-state index in [1.54, 1.807) is 24.4 Å². The number of carbonyl (C=O) groups excluding carboxylic acids is 1. The number of carbonyl (C=O) groups is 1. The van der Waals surface area contributed by atoms with Gasteiger partial charge in [-0.25, -0.2) is 4.98 Å². The highest BCUT2D eigenvalue weighted by Crippen LogP contribution is 2.40. The minimum atomic E-state index is -0.858. The Morgan fingerprint density at radius 1 is 1.29 bits per heavy atom. The Morgan fingerprint density at radius 2 is 2.12 bits per heavy atom. The Hall–Kier alpha value is -2.02. The molecule has 0 spiro atoms. The van der Waals surface area contributed by atoms with Gasteiger partial charge >= 0.3 is 0 Å². The van der Waals surface area contributed by atoms with Gasteiger partial charge in [0, 0.05) is 40.8 Å². The second-order valence-corrected chi connectivity index (χ2v) is 7.12. The lowest BCUT2D eigenvalue weighted by atomic mass is 10.0. The Morgan fingerprint density at radius 3 is 2.88 bits per heavy atom. The zero-order chi connectivity index (χ0) is 16.7. The molecule has 0 bridgehead atoms. The molecular weight excluding hydrogens is 370 g/mol. The van der Waals surface area contributed by atoms with Crippen molar-refractivity contribution >= 4 is 33.3 Å². The van der Waals surface area contributed by atoms with Gasteiger partial charge in [-0.3, -0.25) is 9.44 Å². The van der Waals surface area contributed by atoms with E-state index in [-0.39, 0.29) is 11.9 Å². The molecule has 0 radical (unpaired) electrons. The van der Waals surface area contributed by atoms with Gasteiger partial charge in [-0.15, -0.1) is 0 Å². The number of hydroxylamine groups is 1. The van der Waals surface area contributed by atoms with Crippen LogP contribution in [0, 0.1) is 5.21 Å². The average Bonchev–Trinajstić information content (AvgIpc) is 3.39. The Balaban J connectivity index is 1.82. The molecule has 1 aromatic carbocycles. The first-order valence-corrected chi connectivity index (χ1v) is 8.68. The first-order chi connectivity index (χ1) is 11.6. The molecule has 2 heterocycles. The Bertz CT molecular complexity index is 848. The highest BCUT2D eigenvalue weighted by atomic mass is 79.9. The monoisotopic (exact) mass is 385 g/mol. The summed E-state index contributed by atoms with van der Waals surface area (Å²) >= 11 is 3.41. The topological polar surface area (TPSA) is 65.0 Å². The Kier molecular flexibility index (Phi) is 3.75. The summed E-state index contributed by atoms with van der Waals surface area (Å²) in [6.45, 7) is 0. The van der Waals surface area contributed by atoms with E-state index in [1.807, 2.05) is 18.2 Å². The van der Waals surface area contributed by atoms with Crippen LogP contribution in [0.3, 0.4) is 0 Å². The number of quaternary nitrogens is 1. The average molecular weight is 386 g/mol. The van der Waals surface area contributed by atoms with Crippen molar-refractivity contribution in [2.75, 3.05) is 0 Å². The number of aromatic nitrogens is 1. The highest BCUT2D eigenvalue weighted by Gasteiger charge is 2.35. The molecule has 1 saturated carbocycles. The molecule has 1 fully saturated rings. The fourth-order valence-electron chi connectivity index (χ4n) is 2.92. The van der Waals surface area contributed by atoms with Crippen molar-refractivity contribution in [1.82, 2.24) is 14.9 Å². The number of nitrogens with zero attached hydrogens (tertiary/aromatic N) is 2. The fraction of sp³-hybridized carbons (Fsp3) is 0.222. The van der Waals surface area contributed by atoms with E-state index >= 15 is 0 Å². The van der Waals surface area contributed by atoms with Crippen molar-refractivity contribution in [3.8, 4) is 0 Å². The molecule has 1 unspecified atom stereocenters. The first-order valence-electron chi connectivity index (χ1n) is 7.89. The molecule has 122 valence electrons. The summed E-state index contributed by atoms with van der Waals surface area (Å²) in [6, 6.07) is 11.1. The molecule has 24 heavy (non-hydrogen) atoms. The number of benzene rings is 1. The van der Waals surface area contributed by atoms with Crippen LogP contribution in [-0.4, -0.2) is 16.9 Å². The minimum Gasteiger partial charge on any atom is -0.616 e. The van der Waals surface area contributed by atoms with E-state index in [0.717, 1.165) is 22.9 Å². The van der Waals surface area contributed by atoms with Gasteiger partial charge in [0.05, 0.1) is 5.57 Å². The van der Waals surface area contributed by atoms with Gasteiger partial charge in [0.1, 0.15) is 11.9 Å². The van der Waals surface area contributed by atoms with Gasteiger partial charge < -0.3 is 10.5 Å². The van der Waals surface area contributed by atoms with Crippen molar-refractivity contribution in [1.29, 1.82) is 0 Å². The molecule has 1 N–H and O–H groups in total. The predicted molar refractivity (Wildman–Crippen MR) is 96.2 cm³/mol. The van der Waals surface area contributed by atoms with Gasteiger partial charge in [-0.1, -0.05) is 22.0 Å². The third-order valence-electron chi connectivity index (χ3n) is 4.30. The van der Waals surface area contributed by atoms with Crippen LogP contribution in [0.25, 0.3) is 0 Å². The van der Waals surface area contributed by atoms with Gasteiger partial charge in [0.25, 0.3) is 5.91 Å². The van der Waals surface area contributed by atoms with Crippen LogP contribution in [0.2, 0.25) is 0 Å². The number of hydrogen-bond acceptors (Lipinski definition) is 3. The van der Waals surface area contributed by atoms with E-state index in [1.165, 1.54) is 6.20 Å². The Labute approximate surface area is 148 Å². The molecular formula is C18H16BrN3O2. The summed E-state index contributed by atoms with van der Waals surface area (Å²) in [6.07, 6.45) is 5.55. The predicted octanol–water partition coefficient (Wildman–Crippen LogP) is 3.70. The number of rotatable bonds is 3. The van der Waals surface area contributed by atoms with E-state index in [2.05, 4.69) is 26.2 Å². The first kappa shape index (κ1) is 15.5. The van der Waals surface area contributed by atoms with E-state index in [9.17, 15) is 10.0 Å². The minimum absolute atomic E-state index is 0.152. The number of halogens is 1. The van der Waals surface area contributed by atoms with Crippen LogP contribution >= 0.6 is 15.9 Å². The molecule has 1 atom stereocenters. The van der Waals surface area contributed by atoms with E-state index < -0.39 is 4.65 Å². The maximum Gasteiger partial charge on any atom is 0.253 e. The number of amides is 1. The normalized spacial score (nSPS) is 22.5. The molecule has 0 saturated heterocycles. The number of fused-ring (bicyclic) bond motifs is 1. The molecule has 6 heteroatoms. The largest absolute Gasteiger partial charge is 0.616 e. The lowest BCUT2D eigenvalue weighted by Gasteiger charge is -2.40. The summed E-state index contributed by atoms with van der Waals surface area (Å²) in [4.78, 5) is 16.8. The molecule has 1 amide bonds. The SMILES string of the molecule is O=C(NC1CC1)C1=C[N+]([O-])(c2cccc(Br)c2)c2ncccc2C1. The van der Waals surface area contributed by atoms with E-state index in [0.29, 0.717) is 23.5 Å². The van der Waals surface area contributed by atoms with Crippen LogP contribution in [0.4, 0.5) is 11.5 Å². The van der Waals surface area contributed by atoms with Crippen molar-refractivity contribution in [3.63, 3.8) is 0 Å². The van der Waals surface area contributed by atoms with Crippen LogP contribution in [0.15, 0.2) is 58.8 Å². The smallest absolute Gasteiger partial charge is 0.253 e. The lowest BCUT2D eigenvalue weighted by molar-refractivity contribution is -0.117. The quantitative estimate of drug-likeness (QED) is 0.646. The molecule has 1 aromatic heterocycles. The molecule has 1 aliphatic heterocycles. The van der Waals surface area contributed by atoms with Gasteiger partial charge in [0.15, 0.2) is 0 Å². The second-order valence-electron chi connectivity index (χ2n) is 6.20. The summed E-state index contributed by atoms with van der Waals surface area (Å²) in [7, 11) is 0. The molecule has 4 rings (SSSR count). The zero-order valence-corrected chi connectivity index (χ0v) is 14.5. The van der Waals surface area contributed by atoms with Crippen LogP contribution in [0.5, 0.6) is 0 Å². The number of hydrogen-bond donors (Lipinski definition) is 1. The standard InChI is InChI=1S/C18H16BrN3O2/c19-14-4-1-5-16(10-14)22(24)11-13(18(23)21-15-6-7-15)9-12-3-2-8-20-17(12)22/h1-5,8,10-11,15H,6-7,9H2,(H,21,23). The summed E-state index contributed by atoms with van der Waals surface area (Å²) in [5, 5.41) is 16.7. The molecule has 5 nitrogen and oxygen atoms in total. The molecule has 1 aliphatic carbocycles. The summed E-state index contributed by atoms with van der Waals surface area (Å²) < 4.78 is -0.0444.